The van der Waals surface area contributed by atoms with Crippen LogP contribution in [0, 0.1) is 6.92 Å². The molecular weight excluding hydrogens is 364 g/mol. The lowest BCUT2D eigenvalue weighted by Crippen LogP contribution is -2.47. The number of hydrogen-bond acceptors (Lipinski definition) is 3. The average Bonchev–Trinajstić information content (AvgIpc) is 2.73. The molecule has 0 saturated heterocycles. The maximum absolute atomic E-state index is 12.6. The molecule has 154 valence electrons. The van der Waals surface area contributed by atoms with Crippen LogP contribution in [0.4, 0.5) is 0 Å². The lowest BCUT2D eigenvalue weighted by atomic mass is 10.00. The summed E-state index contributed by atoms with van der Waals surface area (Å²) in [6, 6.07) is 16.3. The van der Waals surface area contributed by atoms with Crippen LogP contribution in [0.2, 0.25) is 0 Å². The van der Waals surface area contributed by atoms with E-state index in [0.29, 0.717) is 19.0 Å². The molecule has 6 nitrogen and oxygen atoms in total. The van der Waals surface area contributed by atoms with Gasteiger partial charge >= 0.3 is 0 Å². The third kappa shape index (κ3) is 5.98. The summed E-state index contributed by atoms with van der Waals surface area (Å²) in [6.45, 7) is 6.27. The fourth-order valence-electron chi connectivity index (χ4n) is 3.40. The predicted molar refractivity (Wildman–Crippen MR) is 116 cm³/mol. The summed E-state index contributed by atoms with van der Waals surface area (Å²) in [7, 11) is 1.70. The van der Waals surface area contributed by atoms with Crippen molar-refractivity contribution in [3.63, 3.8) is 0 Å². The molecule has 29 heavy (non-hydrogen) atoms. The van der Waals surface area contributed by atoms with E-state index in [4.69, 9.17) is 4.74 Å². The van der Waals surface area contributed by atoms with Crippen LogP contribution in [-0.2, 0) is 17.8 Å². The highest BCUT2D eigenvalue weighted by Gasteiger charge is 2.20. The molecule has 0 aliphatic carbocycles. The van der Waals surface area contributed by atoms with Crippen LogP contribution >= 0.6 is 0 Å². The molecule has 0 saturated carbocycles. The molecule has 1 aliphatic heterocycles. The highest BCUT2D eigenvalue weighted by molar-refractivity contribution is 5.86. The zero-order valence-electron chi connectivity index (χ0n) is 17.4. The topological polar surface area (TPSA) is 66.0 Å². The van der Waals surface area contributed by atoms with Gasteiger partial charge in [0, 0.05) is 20.1 Å². The Hall–Kier alpha value is -3.02. The Bertz CT molecular complexity index is 865. The molecular formula is C23H30N4O2. The first-order valence-corrected chi connectivity index (χ1v) is 10.1. The molecule has 2 aromatic rings. The molecule has 1 unspecified atom stereocenters. The van der Waals surface area contributed by atoms with Crippen molar-refractivity contribution < 1.29 is 9.53 Å². The van der Waals surface area contributed by atoms with Gasteiger partial charge < -0.3 is 20.3 Å². The first-order valence-electron chi connectivity index (χ1n) is 10.1. The molecule has 3 rings (SSSR count). The Morgan fingerprint density at radius 3 is 2.72 bits per heavy atom. The third-order valence-corrected chi connectivity index (χ3v) is 5.00. The van der Waals surface area contributed by atoms with Gasteiger partial charge in [0.2, 0.25) is 5.91 Å². The quantitative estimate of drug-likeness (QED) is 0.584. The number of carbonyl (C=O) groups excluding carboxylic acids is 1. The fraction of sp³-hybridized carbons (Fsp3) is 0.391. The van der Waals surface area contributed by atoms with Crippen LogP contribution in [0.25, 0.3) is 0 Å². The summed E-state index contributed by atoms with van der Waals surface area (Å²) in [6.07, 6.45) is 0.868. The van der Waals surface area contributed by atoms with E-state index < -0.39 is 0 Å². The zero-order chi connectivity index (χ0) is 20.6. The molecule has 0 aromatic heterocycles. The van der Waals surface area contributed by atoms with E-state index in [-0.39, 0.29) is 18.6 Å². The van der Waals surface area contributed by atoms with Crippen LogP contribution in [-0.4, -0.2) is 49.6 Å². The molecule has 0 radical (unpaired) electrons. The number of nitrogens with zero attached hydrogens (tertiary/aromatic N) is 2. The Morgan fingerprint density at radius 2 is 1.97 bits per heavy atom. The number of fused-ring (bicyclic) bond motifs is 1. The molecule has 6 heteroatoms. The number of aryl methyl sites for hydroxylation is 1. The number of carbonyl (C=O) groups is 1. The van der Waals surface area contributed by atoms with E-state index in [1.165, 1.54) is 16.7 Å². The number of aliphatic imine (C=N–C) groups is 1. The number of ether oxygens (including phenoxy) is 1. The highest BCUT2D eigenvalue weighted by Crippen LogP contribution is 2.18. The lowest BCUT2D eigenvalue weighted by molar-refractivity contribution is -0.130. The largest absolute Gasteiger partial charge is 0.489 e. The Balaban J connectivity index is 1.42. The average molecular weight is 395 g/mol. The third-order valence-electron chi connectivity index (χ3n) is 5.00. The second-order valence-corrected chi connectivity index (χ2v) is 7.39. The first-order chi connectivity index (χ1) is 14.0. The van der Waals surface area contributed by atoms with Gasteiger partial charge in [0.15, 0.2) is 5.96 Å². The predicted octanol–water partition coefficient (Wildman–Crippen LogP) is 2.51. The fourth-order valence-corrected chi connectivity index (χ4v) is 3.40. The molecule has 2 N–H and O–H groups in total. The number of hydrogen-bond donors (Lipinski definition) is 2. The second-order valence-electron chi connectivity index (χ2n) is 7.39. The van der Waals surface area contributed by atoms with Crippen molar-refractivity contribution in [2.75, 3.05) is 26.7 Å². The van der Waals surface area contributed by atoms with Crippen LogP contribution in [0.1, 0.15) is 23.6 Å². The second kappa shape index (κ2) is 9.96. The van der Waals surface area contributed by atoms with Gasteiger partial charge in [0.1, 0.15) is 11.9 Å². The van der Waals surface area contributed by atoms with Gasteiger partial charge in [-0.3, -0.25) is 9.79 Å². The summed E-state index contributed by atoms with van der Waals surface area (Å²) < 4.78 is 5.92. The van der Waals surface area contributed by atoms with Crippen LogP contribution in [0.3, 0.4) is 0 Å². The van der Waals surface area contributed by atoms with Gasteiger partial charge in [-0.15, -0.1) is 0 Å². The molecule has 1 heterocycles. The number of rotatable bonds is 6. The maximum atomic E-state index is 12.6. The number of nitrogens with one attached hydrogen (secondary N) is 2. The van der Waals surface area contributed by atoms with Crippen molar-refractivity contribution in [3.8, 4) is 5.75 Å². The zero-order valence-corrected chi connectivity index (χ0v) is 17.4. The minimum Gasteiger partial charge on any atom is -0.489 e. The van der Waals surface area contributed by atoms with E-state index in [1.54, 1.807) is 7.05 Å². The van der Waals surface area contributed by atoms with E-state index >= 15 is 0 Å². The monoisotopic (exact) mass is 394 g/mol. The Labute approximate surface area is 173 Å². The molecule has 1 amide bonds. The van der Waals surface area contributed by atoms with Crippen molar-refractivity contribution in [1.82, 2.24) is 15.5 Å². The summed E-state index contributed by atoms with van der Waals surface area (Å²) in [5.41, 5.74) is 3.74. The maximum Gasteiger partial charge on any atom is 0.242 e. The molecule has 0 bridgehead atoms. The smallest absolute Gasteiger partial charge is 0.242 e. The Morgan fingerprint density at radius 1 is 1.17 bits per heavy atom. The van der Waals surface area contributed by atoms with Crippen molar-refractivity contribution in [2.45, 2.75) is 32.9 Å². The van der Waals surface area contributed by atoms with Gasteiger partial charge in [-0.25, -0.2) is 0 Å². The highest BCUT2D eigenvalue weighted by atomic mass is 16.5. The van der Waals surface area contributed by atoms with Crippen molar-refractivity contribution in [3.05, 3.63) is 65.2 Å². The normalized spacial score (nSPS) is 14.7. The minimum atomic E-state index is -0.0374. The van der Waals surface area contributed by atoms with Crippen molar-refractivity contribution in [1.29, 1.82) is 0 Å². The van der Waals surface area contributed by atoms with Gasteiger partial charge in [0.25, 0.3) is 0 Å². The van der Waals surface area contributed by atoms with Crippen LogP contribution < -0.4 is 15.4 Å². The first kappa shape index (κ1) is 20.7. The van der Waals surface area contributed by atoms with E-state index in [2.05, 4.69) is 33.8 Å². The summed E-state index contributed by atoms with van der Waals surface area (Å²) in [5, 5.41) is 6.33. The van der Waals surface area contributed by atoms with Crippen LogP contribution in [0.15, 0.2) is 53.5 Å². The van der Waals surface area contributed by atoms with Crippen LogP contribution in [0.5, 0.6) is 5.75 Å². The summed E-state index contributed by atoms with van der Waals surface area (Å²) >= 11 is 0. The van der Waals surface area contributed by atoms with Crippen molar-refractivity contribution >= 4 is 11.9 Å². The number of guanidine groups is 1. The van der Waals surface area contributed by atoms with Gasteiger partial charge in [-0.1, -0.05) is 36.4 Å². The SMILES string of the molecule is CN=C(NCC(=O)N1CCc2ccccc2C1)NCC(C)Oc1cccc(C)c1. The van der Waals surface area contributed by atoms with E-state index in [9.17, 15) is 4.79 Å². The lowest BCUT2D eigenvalue weighted by Gasteiger charge is -2.29. The number of amides is 1. The number of benzene rings is 2. The molecule has 1 atom stereocenters. The minimum absolute atomic E-state index is 0.0374. The van der Waals surface area contributed by atoms with E-state index in [0.717, 1.165) is 18.7 Å². The summed E-state index contributed by atoms with van der Waals surface area (Å²) in [4.78, 5) is 18.7. The van der Waals surface area contributed by atoms with Gasteiger partial charge in [-0.2, -0.15) is 0 Å². The molecule has 0 fully saturated rings. The summed E-state index contributed by atoms with van der Waals surface area (Å²) in [5.74, 6) is 1.52. The Kier molecular flexibility index (Phi) is 7.11. The molecule has 1 aliphatic rings. The standard InChI is InChI=1S/C23H30N4O2/c1-17-7-6-10-21(13-17)29-18(2)14-25-23(24-3)26-15-22(28)27-12-11-19-8-4-5-9-20(19)16-27/h4-10,13,18H,11-12,14-16H2,1-3H3,(H2,24,25,26). The van der Waals surface area contributed by atoms with E-state index in [1.807, 2.05) is 49.1 Å². The van der Waals surface area contributed by atoms with Gasteiger partial charge in [-0.05, 0) is 49.1 Å². The molecule has 0 spiro atoms. The van der Waals surface area contributed by atoms with Crippen molar-refractivity contribution in [2.24, 2.45) is 4.99 Å². The molecule has 2 aromatic carbocycles. The van der Waals surface area contributed by atoms with Gasteiger partial charge in [0.05, 0.1) is 13.1 Å².